The molecule has 23 heavy (non-hydrogen) atoms. The summed E-state index contributed by atoms with van der Waals surface area (Å²) in [7, 11) is 0. The van der Waals surface area contributed by atoms with Gasteiger partial charge in [0.25, 0.3) is 0 Å². The van der Waals surface area contributed by atoms with Crippen LogP contribution in [-0.4, -0.2) is 33.0 Å². The van der Waals surface area contributed by atoms with Crippen molar-refractivity contribution in [3.8, 4) is 0 Å². The van der Waals surface area contributed by atoms with Gasteiger partial charge in [0, 0.05) is 16.9 Å². The highest BCUT2D eigenvalue weighted by Crippen LogP contribution is 2.41. The minimum atomic E-state index is -0.336. The van der Waals surface area contributed by atoms with Crippen LogP contribution in [0.2, 0.25) is 0 Å². The molecule has 0 saturated heterocycles. The van der Waals surface area contributed by atoms with Crippen molar-refractivity contribution in [2.24, 2.45) is 5.73 Å². The maximum absolute atomic E-state index is 11.1. The SMILES string of the molecule is CCSc1nc(SCC(N)=O)c2sc3c(c2n1)COC(C)(C)C3. The van der Waals surface area contributed by atoms with Crippen LogP contribution in [0.15, 0.2) is 10.2 Å². The number of amides is 1. The minimum Gasteiger partial charge on any atom is -0.370 e. The highest BCUT2D eigenvalue weighted by molar-refractivity contribution is 8.00. The third kappa shape index (κ3) is 3.65. The van der Waals surface area contributed by atoms with Crippen LogP contribution in [0, 0.1) is 0 Å². The quantitative estimate of drug-likeness (QED) is 0.495. The Hall–Kier alpha value is -0.830. The Morgan fingerprint density at radius 2 is 2.17 bits per heavy atom. The van der Waals surface area contributed by atoms with E-state index >= 15 is 0 Å². The standard InChI is InChI=1S/C15H19N3O2S3/c1-4-21-14-17-11-8-6-20-15(2,3)5-9(8)23-12(11)13(18-14)22-7-10(16)19/h4-7H2,1-3H3,(H2,16,19). The molecule has 3 heterocycles. The normalized spacial score (nSPS) is 16.5. The first kappa shape index (κ1) is 17.0. The highest BCUT2D eigenvalue weighted by atomic mass is 32.2. The molecule has 8 heteroatoms. The summed E-state index contributed by atoms with van der Waals surface area (Å²) in [5.74, 6) is 0.797. The lowest BCUT2D eigenvalue weighted by Crippen LogP contribution is -2.30. The Labute approximate surface area is 147 Å². The molecule has 0 aliphatic carbocycles. The number of nitrogens with two attached hydrogens (primary N) is 1. The average molecular weight is 370 g/mol. The number of thioether (sulfide) groups is 2. The summed E-state index contributed by atoms with van der Waals surface area (Å²) in [6, 6.07) is 0. The molecule has 0 atom stereocenters. The van der Waals surface area contributed by atoms with E-state index in [-0.39, 0.29) is 17.3 Å². The topological polar surface area (TPSA) is 78.1 Å². The van der Waals surface area contributed by atoms with Crippen molar-refractivity contribution < 1.29 is 9.53 Å². The van der Waals surface area contributed by atoms with Gasteiger partial charge in [0.05, 0.1) is 28.2 Å². The minimum absolute atomic E-state index is 0.150. The van der Waals surface area contributed by atoms with Crippen molar-refractivity contribution in [2.45, 2.75) is 49.6 Å². The molecule has 2 aromatic heterocycles. The molecule has 0 saturated carbocycles. The van der Waals surface area contributed by atoms with E-state index in [4.69, 9.17) is 15.5 Å². The summed E-state index contributed by atoms with van der Waals surface area (Å²) in [4.78, 5) is 21.8. The number of thiophene rings is 1. The zero-order valence-electron chi connectivity index (χ0n) is 13.3. The predicted molar refractivity (Wildman–Crippen MR) is 96.3 cm³/mol. The lowest BCUT2D eigenvalue weighted by Gasteiger charge is -2.29. The summed E-state index contributed by atoms with van der Waals surface area (Å²) < 4.78 is 7.00. The molecule has 3 rings (SSSR count). The van der Waals surface area contributed by atoms with Gasteiger partial charge >= 0.3 is 0 Å². The first-order valence-corrected chi connectivity index (χ1v) is 10.2. The molecule has 124 valence electrons. The van der Waals surface area contributed by atoms with Crippen molar-refractivity contribution in [2.75, 3.05) is 11.5 Å². The zero-order chi connectivity index (χ0) is 16.6. The molecular weight excluding hydrogens is 350 g/mol. The van der Waals surface area contributed by atoms with Crippen molar-refractivity contribution in [3.63, 3.8) is 0 Å². The molecule has 2 aromatic rings. The predicted octanol–water partition coefficient (Wildman–Crippen LogP) is 3.23. The molecule has 0 aromatic carbocycles. The van der Waals surface area contributed by atoms with Crippen LogP contribution in [0.25, 0.3) is 10.2 Å². The summed E-state index contributed by atoms with van der Waals surface area (Å²) in [6.07, 6.45) is 0.875. The van der Waals surface area contributed by atoms with E-state index in [1.807, 2.05) is 0 Å². The van der Waals surface area contributed by atoms with E-state index in [1.165, 1.54) is 22.2 Å². The molecule has 1 aliphatic rings. The number of nitrogens with zero attached hydrogens (tertiary/aromatic N) is 2. The third-order valence-corrected chi connectivity index (χ3v) is 6.56. The van der Waals surface area contributed by atoms with E-state index in [2.05, 4.69) is 25.8 Å². The summed E-state index contributed by atoms with van der Waals surface area (Å²) in [6.45, 7) is 6.86. The summed E-state index contributed by atoms with van der Waals surface area (Å²) >= 11 is 4.72. The molecule has 1 aliphatic heterocycles. The highest BCUT2D eigenvalue weighted by Gasteiger charge is 2.30. The first-order valence-electron chi connectivity index (χ1n) is 7.40. The zero-order valence-corrected chi connectivity index (χ0v) is 15.8. The first-order chi connectivity index (χ1) is 10.9. The molecule has 0 unspecified atom stereocenters. The van der Waals surface area contributed by atoms with Crippen molar-refractivity contribution in [1.82, 2.24) is 9.97 Å². The smallest absolute Gasteiger partial charge is 0.227 e. The number of rotatable bonds is 5. The maximum Gasteiger partial charge on any atom is 0.227 e. The van der Waals surface area contributed by atoms with Gasteiger partial charge in [-0.1, -0.05) is 30.4 Å². The third-order valence-electron chi connectivity index (χ3n) is 3.48. The number of carbonyl (C=O) groups excluding carboxylic acids is 1. The molecular formula is C15H19N3O2S3. The fraction of sp³-hybridized carbons (Fsp3) is 0.533. The second-order valence-corrected chi connectivity index (χ2v) is 9.21. The molecule has 5 nitrogen and oxygen atoms in total. The van der Waals surface area contributed by atoms with Gasteiger partial charge in [0.1, 0.15) is 5.03 Å². The summed E-state index contributed by atoms with van der Waals surface area (Å²) in [5.41, 5.74) is 7.28. The van der Waals surface area contributed by atoms with Crippen LogP contribution in [0.1, 0.15) is 31.2 Å². The number of hydrogen-bond donors (Lipinski definition) is 1. The van der Waals surface area contributed by atoms with E-state index in [0.717, 1.165) is 32.6 Å². The second-order valence-electron chi connectivity index (χ2n) is 5.91. The number of aromatic nitrogens is 2. The van der Waals surface area contributed by atoms with Gasteiger partial charge in [0.2, 0.25) is 5.91 Å². The van der Waals surface area contributed by atoms with Gasteiger partial charge in [-0.05, 0) is 19.6 Å². The van der Waals surface area contributed by atoms with Gasteiger partial charge in [-0.15, -0.1) is 11.3 Å². The van der Waals surface area contributed by atoms with Gasteiger partial charge < -0.3 is 10.5 Å². The fourth-order valence-corrected chi connectivity index (χ4v) is 5.38. The van der Waals surface area contributed by atoms with Crippen LogP contribution in [-0.2, 0) is 22.6 Å². The van der Waals surface area contributed by atoms with Gasteiger partial charge in [0.15, 0.2) is 5.16 Å². The van der Waals surface area contributed by atoms with Crippen molar-refractivity contribution in [1.29, 1.82) is 0 Å². The average Bonchev–Trinajstić information content (AvgIpc) is 2.81. The Morgan fingerprint density at radius 1 is 1.39 bits per heavy atom. The number of primary amides is 1. The molecule has 1 amide bonds. The van der Waals surface area contributed by atoms with Gasteiger partial charge in [-0.3, -0.25) is 4.79 Å². The lowest BCUT2D eigenvalue weighted by atomic mass is 9.98. The monoisotopic (exact) mass is 369 g/mol. The molecule has 0 bridgehead atoms. The van der Waals surface area contributed by atoms with Crippen LogP contribution in [0.4, 0.5) is 0 Å². The summed E-state index contributed by atoms with van der Waals surface area (Å²) in [5, 5.41) is 1.60. The second kappa shape index (κ2) is 6.58. The number of carbonyl (C=O) groups is 1. The van der Waals surface area contributed by atoms with Crippen molar-refractivity contribution >= 4 is 51.0 Å². The van der Waals surface area contributed by atoms with Crippen molar-refractivity contribution in [3.05, 3.63) is 10.4 Å². The molecule has 0 radical (unpaired) electrons. The van der Waals surface area contributed by atoms with E-state index in [9.17, 15) is 4.79 Å². The Balaban J connectivity index is 2.09. The number of ether oxygens (including phenoxy) is 1. The number of fused-ring (bicyclic) bond motifs is 3. The van der Waals surface area contributed by atoms with Crippen LogP contribution in [0.5, 0.6) is 0 Å². The number of hydrogen-bond acceptors (Lipinski definition) is 7. The van der Waals surface area contributed by atoms with Gasteiger partial charge in [-0.25, -0.2) is 9.97 Å². The Morgan fingerprint density at radius 3 is 2.87 bits per heavy atom. The van der Waals surface area contributed by atoms with E-state index < -0.39 is 0 Å². The molecule has 0 spiro atoms. The molecule has 0 fully saturated rings. The molecule has 2 N–H and O–H groups in total. The maximum atomic E-state index is 11.1. The van der Waals surface area contributed by atoms with Crippen LogP contribution in [0.3, 0.4) is 0 Å². The van der Waals surface area contributed by atoms with Crippen LogP contribution >= 0.6 is 34.9 Å². The fourth-order valence-electron chi connectivity index (χ4n) is 2.45. The Bertz CT molecular complexity index is 758. The van der Waals surface area contributed by atoms with E-state index in [0.29, 0.717) is 6.61 Å². The van der Waals surface area contributed by atoms with E-state index in [1.54, 1.807) is 23.1 Å². The lowest BCUT2D eigenvalue weighted by molar-refractivity contribution is -0.115. The largest absolute Gasteiger partial charge is 0.370 e. The Kier molecular flexibility index (Phi) is 4.87. The van der Waals surface area contributed by atoms with Crippen LogP contribution < -0.4 is 5.73 Å². The van der Waals surface area contributed by atoms with Gasteiger partial charge in [-0.2, -0.15) is 0 Å².